The minimum atomic E-state index is -0.966. The van der Waals surface area contributed by atoms with Crippen LogP contribution in [0.1, 0.15) is 29.8 Å². The lowest BCUT2D eigenvalue weighted by Gasteiger charge is -2.31. The van der Waals surface area contributed by atoms with Crippen molar-refractivity contribution < 1.29 is 14.7 Å². The van der Waals surface area contributed by atoms with Crippen LogP contribution in [-0.2, 0) is 5.41 Å². The van der Waals surface area contributed by atoms with Crippen LogP contribution < -0.4 is 9.80 Å². The maximum Gasteiger partial charge on any atom is 0.407 e. The van der Waals surface area contributed by atoms with Gasteiger partial charge in [0.1, 0.15) is 11.4 Å². The molecule has 160 valence electrons. The molecule has 2 aromatic rings. The number of anilines is 2. The zero-order valence-corrected chi connectivity index (χ0v) is 18.7. The van der Waals surface area contributed by atoms with E-state index < -0.39 is 11.5 Å². The number of fused-ring (bicyclic) bond motifs is 1. The molecule has 1 N–H and O–H groups in total. The summed E-state index contributed by atoms with van der Waals surface area (Å²) in [5.74, 6) is 0.501. The fraction of sp³-hybridized carbons (Fsp3) is 0.429. The van der Waals surface area contributed by atoms with Gasteiger partial charge >= 0.3 is 6.09 Å². The topological polar surface area (TPSA) is 89.9 Å². The number of nitrogens with zero attached hydrogens (tertiary/aromatic N) is 5. The van der Waals surface area contributed by atoms with E-state index in [0.717, 1.165) is 11.3 Å². The van der Waals surface area contributed by atoms with Crippen LogP contribution in [0.4, 0.5) is 16.3 Å². The second-order valence-corrected chi connectivity index (χ2v) is 8.82. The lowest BCUT2D eigenvalue weighted by Crippen LogP contribution is -2.38. The number of aromatic nitrogens is 2. The Balaban J connectivity index is 1.95. The number of benzene rings is 1. The lowest BCUT2D eigenvalue weighted by molar-refractivity contribution is 0.0989. The molecule has 1 aromatic heterocycles. The Bertz CT molecular complexity index is 965. The Morgan fingerprint density at radius 1 is 1.33 bits per heavy atom. The average molecular weight is 430 g/mol. The first-order valence-corrected chi connectivity index (χ1v) is 10.8. The van der Waals surface area contributed by atoms with E-state index in [1.807, 2.05) is 56.3 Å². The summed E-state index contributed by atoms with van der Waals surface area (Å²) in [7, 11) is 3.48. The summed E-state index contributed by atoms with van der Waals surface area (Å²) in [4.78, 5) is 38.4. The van der Waals surface area contributed by atoms with Crippen LogP contribution in [-0.4, -0.2) is 72.0 Å². The summed E-state index contributed by atoms with van der Waals surface area (Å²) in [5.41, 5.74) is 1.80. The Hall–Kier alpha value is -2.81. The van der Waals surface area contributed by atoms with Gasteiger partial charge in [0.25, 0.3) is 5.91 Å². The third kappa shape index (κ3) is 4.35. The zero-order chi connectivity index (χ0) is 22.1. The van der Waals surface area contributed by atoms with Crippen molar-refractivity contribution >= 4 is 35.3 Å². The van der Waals surface area contributed by atoms with Crippen molar-refractivity contribution in [1.82, 2.24) is 14.9 Å². The standard InChI is InChI=1S/C21H27N5O3S/c1-21(2,13-25(4)20(28)29)14-7-6-8-15(11-14)26-10-9-24(3)17-16(18(26)27)12-22-19(23-17)30-5/h6-8,11-12H,9-10,13H2,1-5H3,(H,28,29). The van der Waals surface area contributed by atoms with Crippen LogP contribution in [0.3, 0.4) is 0 Å². The summed E-state index contributed by atoms with van der Waals surface area (Å²) in [6.07, 6.45) is 2.54. The number of hydrogen-bond donors (Lipinski definition) is 1. The Morgan fingerprint density at radius 3 is 2.73 bits per heavy atom. The van der Waals surface area contributed by atoms with Gasteiger partial charge in [-0.05, 0) is 24.0 Å². The fourth-order valence-electron chi connectivity index (χ4n) is 3.59. The molecular weight excluding hydrogens is 402 g/mol. The van der Waals surface area contributed by atoms with Crippen LogP contribution in [0.2, 0.25) is 0 Å². The summed E-state index contributed by atoms with van der Waals surface area (Å²) in [6.45, 7) is 5.49. The molecule has 1 aromatic carbocycles. The molecular formula is C21H27N5O3S. The fourth-order valence-corrected chi connectivity index (χ4v) is 3.93. The smallest absolute Gasteiger partial charge is 0.407 e. The minimum absolute atomic E-state index is 0.139. The van der Waals surface area contributed by atoms with Gasteiger partial charge in [-0.3, -0.25) is 4.79 Å². The largest absolute Gasteiger partial charge is 0.465 e. The van der Waals surface area contributed by atoms with Crippen LogP contribution in [0.25, 0.3) is 0 Å². The van der Waals surface area contributed by atoms with Gasteiger partial charge in [0.15, 0.2) is 5.16 Å². The van der Waals surface area contributed by atoms with E-state index in [4.69, 9.17) is 0 Å². The van der Waals surface area contributed by atoms with E-state index in [-0.39, 0.29) is 5.91 Å². The van der Waals surface area contributed by atoms with Gasteiger partial charge in [0.05, 0.1) is 0 Å². The van der Waals surface area contributed by atoms with E-state index in [9.17, 15) is 14.7 Å². The first-order chi connectivity index (χ1) is 14.1. The molecule has 0 saturated carbocycles. The molecule has 1 aliphatic heterocycles. The van der Waals surface area contributed by atoms with Gasteiger partial charge < -0.3 is 19.8 Å². The van der Waals surface area contributed by atoms with Crippen LogP contribution >= 0.6 is 11.8 Å². The molecule has 0 fully saturated rings. The summed E-state index contributed by atoms with van der Waals surface area (Å²) < 4.78 is 0. The number of rotatable bonds is 5. The number of carbonyl (C=O) groups is 2. The third-order valence-electron chi connectivity index (χ3n) is 5.32. The van der Waals surface area contributed by atoms with Crippen LogP contribution in [0.15, 0.2) is 35.6 Å². The number of hydrogen-bond acceptors (Lipinski definition) is 6. The molecule has 30 heavy (non-hydrogen) atoms. The molecule has 0 aliphatic carbocycles. The lowest BCUT2D eigenvalue weighted by atomic mass is 9.84. The first-order valence-electron chi connectivity index (χ1n) is 9.62. The number of amides is 2. The van der Waals surface area contributed by atoms with Gasteiger partial charge in [0, 0.05) is 51.0 Å². The second kappa shape index (κ2) is 8.51. The van der Waals surface area contributed by atoms with Crippen LogP contribution in [0, 0.1) is 0 Å². The SMILES string of the molecule is CSc1ncc2c(n1)N(C)CCN(c1cccc(C(C)(C)CN(C)C(=O)O)c1)C2=O. The summed E-state index contributed by atoms with van der Waals surface area (Å²) in [5, 5.41) is 9.86. The second-order valence-electron chi connectivity index (χ2n) is 8.05. The van der Waals surface area contributed by atoms with Crippen molar-refractivity contribution in [3.8, 4) is 0 Å². The van der Waals surface area contributed by atoms with E-state index in [0.29, 0.717) is 36.2 Å². The van der Waals surface area contributed by atoms with E-state index in [1.165, 1.54) is 16.7 Å². The third-order valence-corrected chi connectivity index (χ3v) is 5.89. The summed E-state index contributed by atoms with van der Waals surface area (Å²) in [6, 6.07) is 7.74. The van der Waals surface area contributed by atoms with Gasteiger partial charge in [-0.15, -0.1) is 0 Å². The predicted molar refractivity (Wildman–Crippen MR) is 119 cm³/mol. The van der Waals surface area contributed by atoms with E-state index in [2.05, 4.69) is 9.97 Å². The normalized spacial score (nSPS) is 14.4. The van der Waals surface area contributed by atoms with Crippen molar-refractivity contribution in [1.29, 1.82) is 0 Å². The van der Waals surface area contributed by atoms with Gasteiger partial charge in [-0.1, -0.05) is 37.7 Å². The van der Waals surface area contributed by atoms with Crippen molar-refractivity contribution in [3.63, 3.8) is 0 Å². The molecule has 0 radical (unpaired) electrons. The Morgan fingerprint density at radius 2 is 2.07 bits per heavy atom. The Kier molecular flexibility index (Phi) is 6.21. The molecule has 2 amide bonds. The minimum Gasteiger partial charge on any atom is -0.465 e. The Labute approximate surface area is 180 Å². The van der Waals surface area contributed by atoms with Gasteiger partial charge in [0.2, 0.25) is 0 Å². The molecule has 8 nitrogen and oxygen atoms in total. The highest BCUT2D eigenvalue weighted by Crippen LogP contribution is 2.31. The highest BCUT2D eigenvalue weighted by atomic mass is 32.2. The molecule has 2 heterocycles. The monoisotopic (exact) mass is 429 g/mol. The predicted octanol–water partition coefficient (Wildman–Crippen LogP) is 3.18. The highest BCUT2D eigenvalue weighted by molar-refractivity contribution is 7.98. The maximum atomic E-state index is 13.3. The van der Waals surface area contributed by atoms with Gasteiger partial charge in [-0.2, -0.15) is 0 Å². The van der Waals surface area contributed by atoms with Crippen molar-refractivity contribution in [2.45, 2.75) is 24.4 Å². The molecule has 1 aliphatic rings. The molecule has 0 bridgehead atoms. The molecule has 0 unspecified atom stereocenters. The molecule has 0 atom stereocenters. The number of likely N-dealkylation sites (N-methyl/N-ethyl adjacent to an activating group) is 2. The summed E-state index contributed by atoms with van der Waals surface area (Å²) >= 11 is 1.44. The highest BCUT2D eigenvalue weighted by Gasteiger charge is 2.30. The maximum absolute atomic E-state index is 13.3. The van der Waals surface area contributed by atoms with Gasteiger partial charge in [-0.25, -0.2) is 14.8 Å². The molecule has 0 saturated heterocycles. The number of thioether (sulfide) groups is 1. The number of carboxylic acid groups (broad SMARTS) is 1. The number of carbonyl (C=O) groups excluding carboxylic acids is 1. The van der Waals surface area contributed by atoms with Crippen molar-refractivity contribution in [3.05, 3.63) is 41.6 Å². The quantitative estimate of drug-likeness (QED) is 0.577. The molecule has 9 heteroatoms. The zero-order valence-electron chi connectivity index (χ0n) is 17.9. The molecule has 3 rings (SSSR count). The average Bonchev–Trinajstić information content (AvgIpc) is 2.84. The van der Waals surface area contributed by atoms with E-state index in [1.54, 1.807) is 18.1 Å². The van der Waals surface area contributed by atoms with Crippen molar-refractivity contribution in [2.75, 3.05) is 49.8 Å². The van der Waals surface area contributed by atoms with E-state index >= 15 is 0 Å². The first kappa shape index (κ1) is 21.9. The molecule has 0 spiro atoms. The van der Waals surface area contributed by atoms with Crippen LogP contribution in [0.5, 0.6) is 0 Å². The van der Waals surface area contributed by atoms with Crippen molar-refractivity contribution in [2.24, 2.45) is 0 Å².